The number of hydrogen-bond acceptors (Lipinski definition) is 4. The molecule has 4 rings (SSSR count). The molecule has 2 heterocycles. The molecule has 0 unspecified atom stereocenters. The number of amides is 2. The maximum absolute atomic E-state index is 13.4. The Morgan fingerprint density at radius 2 is 1.56 bits per heavy atom. The first-order valence-corrected chi connectivity index (χ1v) is 10.7. The summed E-state index contributed by atoms with van der Waals surface area (Å²) in [6, 6.07) is 12.1. The Labute approximate surface area is 159 Å². The number of urea groups is 1. The molecule has 2 aliphatic rings. The average molecular weight is 386 g/mol. The lowest BCUT2D eigenvalue weighted by Crippen LogP contribution is -2.38. The molecule has 2 aromatic carbocycles. The molecule has 2 amide bonds. The van der Waals surface area contributed by atoms with E-state index < -0.39 is 21.9 Å². The van der Waals surface area contributed by atoms with Gasteiger partial charge in [0.05, 0.1) is 36.4 Å². The van der Waals surface area contributed by atoms with Crippen LogP contribution >= 0.6 is 0 Å². The first-order valence-electron chi connectivity index (χ1n) is 8.85. The molecule has 0 aliphatic carbocycles. The first-order chi connectivity index (χ1) is 12.8. The van der Waals surface area contributed by atoms with E-state index in [9.17, 15) is 13.2 Å². The summed E-state index contributed by atoms with van der Waals surface area (Å²) in [7, 11) is -1.68. The lowest BCUT2D eigenvalue weighted by atomic mass is 10.1. The summed E-state index contributed by atoms with van der Waals surface area (Å²) in [5, 5.41) is 0. The van der Waals surface area contributed by atoms with E-state index >= 15 is 0 Å². The van der Waals surface area contributed by atoms with Gasteiger partial charge >= 0.3 is 6.03 Å². The van der Waals surface area contributed by atoms with E-state index in [-0.39, 0.29) is 17.5 Å². The zero-order chi connectivity index (χ0) is 19.3. The Bertz CT molecular complexity index is 998. The van der Waals surface area contributed by atoms with Crippen LogP contribution in [0.25, 0.3) is 0 Å². The predicted molar refractivity (Wildman–Crippen MR) is 105 cm³/mol. The van der Waals surface area contributed by atoms with Crippen LogP contribution in [0.3, 0.4) is 0 Å². The number of sulfone groups is 1. The van der Waals surface area contributed by atoms with E-state index in [1.54, 1.807) is 29.0 Å². The molecule has 6 nitrogen and oxygen atoms in total. The van der Waals surface area contributed by atoms with Crippen molar-refractivity contribution in [2.24, 2.45) is 0 Å². The average Bonchev–Trinajstić information content (AvgIpc) is 3.02. The van der Waals surface area contributed by atoms with Gasteiger partial charge in [-0.3, -0.25) is 9.80 Å². The molecule has 7 heteroatoms. The van der Waals surface area contributed by atoms with Crippen LogP contribution in [-0.2, 0) is 9.84 Å². The predicted octanol–water partition coefficient (Wildman–Crippen LogP) is 2.92. The van der Waals surface area contributed by atoms with Crippen molar-refractivity contribution < 1.29 is 17.9 Å². The van der Waals surface area contributed by atoms with E-state index in [4.69, 9.17) is 4.74 Å². The van der Waals surface area contributed by atoms with Crippen molar-refractivity contribution in [1.29, 1.82) is 0 Å². The number of anilines is 2. The summed E-state index contributed by atoms with van der Waals surface area (Å²) in [6.07, 6.45) is 0. The van der Waals surface area contributed by atoms with Crippen LogP contribution in [0.1, 0.15) is 11.1 Å². The number of para-hydroxylation sites is 2. The number of rotatable bonds is 3. The Balaban J connectivity index is 1.86. The largest absolute Gasteiger partial charge is 0.495 e. The molecule has 2 aromatic rings. The number of aryl methyl sites for hydroxylation is 2. The molecule has 0 aromatic heterocycles. The van der Waals surface area contributed by atoms with Crippen LogP contribution in [0.5, 0.6) is 5.75 Å². The summed E-state index contributed by atoms with van der Waals surface area (Å²) in [4.78, 5) is 16.7. The van der Waals surface area contributed by atoms with E-state index in [0.29, 0.717) is 11.4 Å². The molecule has 142 valence electrons. The molecule has 0 N–H and O–H groups in total. The summed E-state index contributed by atoms with van der Waals surface area (Å²) < 4.78 is 30.2. The van der Waals surface area contributed by atoms with Gasteiger partial charge in [0, 0.05) is 5.69 Å². The van der Waals surface area contributed by atoms with E-state index in [1.807, 2.05) is 44.2 Å². The fourth-order valence-electron chi connectivity index (χ4n) is 4.21. The lowest BCUT2D eigenvalue weighted by Gasteiger charge is -2.24. The van der Waals surface area contributed by atoms with E-state index in [2.05, 4.69) is 0 Å². The standard InChI is InChI=1S/C20H22N2O4S/c1-13-8-14(2)10-15(9-13)21-17-11-27(24,25)12-18(17)22(20(21)23)16-6-4-5-7-19(16)26-3/h4-10,17-18H,11-12H2,1-3H3/t17-,18+/m0/s1. The van der Waals surface area contributed by atoms with Crippen LogP contribution < -0.4 is 14.5 Å². The molecule has 0 saturated carbocycles. The smallest absolute Gasteiger partial charge is 0.329 e. The summed E-state index contributed by atoms with van der Waals surface area (Å²) in [6.45, 7) is 3.94. The molecule has 27 heavy (non-hydrogen) atoms. The topological polar surface area (TPSA) is 66.9 Å². The Kier molecular flexibility index (Phi) is 4.14. The number of carbonyl (C=O) groups excluding carboxylic acids is 1. The third kappa shape index (κ3) is 2.96. The van der Waals surface area contributed by atoms with Crippen LogP contribution in [0, 0.1) is 13.8 Å². The molecule has 2 atom stereocenters. The second-order valence-electron chi connectivity index (χ2n) is 7.25. The first kappa shape index (κ1) is 17.9. The van der Waals surface area contributed by atoms with Crippen molar-refractivity contribution in [1.82, 2.24) is 0 Å². The van der Waals surface area contributed by atoms with Gasteiger partial charge in [-0.25, -0.2) is 13.2 Å². The van der Waals surface area contributed by atoms with Gasteiger partial charge in [-0.15, -0.1) is 0 Å². The van der Waals surface area contributed by atoms with Gasteiger partial charge in [-0.05, 0) is 49.2 Å². The zero-order valence-electron chi connectivity index (χ0n) is 15.5. The van der Waals surface area contributed by atoms with Crippen molar-refractivity contribution in [3.8, 4) is 5.75 Å². The molecule has 2 saturated heterocycles. The highest BCUT2D eigenvalue weighted by molar-refractivity contribution is 7.91. The Morgan fingerprint density at radius 3 is 2.19 bits per heavy atom. The Morgan fingerprint density at radius 1 is 0.963 bits per heavy atom. The molecule has 2 aliphatic heterocycles. The summed E-state index contributed by atoms with van der Waals surface area (Å²) >= 11 is 0. The third-order valence-electron chi connectivity index (χ3n) is 5.20. The molecule has 2 fully saturated rings. The van der Waals surface area contributed by atoms with Gasteiger partial charge < -0.3 is 4.74 Å². The molecule has 0 bridgehead atoms. The lowest BCUT2D eigenvalue weighted by molar-refractivity contribution is 0.255. The number of carbonyl (C=O) groups is 1. The highest BCUT2D eigenvalue weighted by atomic mass is 32.2. The van der Waals surface area contributed by atoms with E-state index in [0.717, 1.165) is 16.8 Å². The second-order valence-corrected chi connectivity index (χ2v) is 9.41. The molecule has 0 spiro atoms. The third-order valence-corrected chi connectivity index (χ3v) is 6.90. The Hall–Kier alpha value is -2.54. The van der Waals surface area contributed by atoms with Crippen LogP contribution in [0.4, 0.5) is 16.2 Å². The quantitative estimate of drug-likeness (QED) is 0.761. The van der Waals surface area contributed by atoms with Crippen molar-refractivity contribution in [2.45, 2.75) is 25.9 Å². The maximum Gasteiger partial charge on any atom is 0.329 e. The van der Waals surface area contributed by atoms with Crippen LogP contribution in [-0.4, -0.2) is 45.1 Å². The highest BCUT2D eigenvalue weighted by Crippen LogP contribution is 2.41. The monoisotopic (exact) mass is 386 g/mol. The number of benzene rings is 2. The van der Waals surface area contributed by atoms with Crippen molar-refractivity contribution in [3.05, 3.63) is 53.6 Å². The van der Waals surface area contributed by atoms with Gasteiger partial charge in [0.1, 0.15) is 5.75 Å². The van der Waals surface area contributed by atoms with Crippen molar-refractivity contribution in [3.63, 3.8) is 0 Å². The van der Waals surface area contributed by atoms with Gasteiger partial charge in [0.2, 0.25) is 0 Å². The van der Waals surface area contributed by atoms with Gasteiger partial charge in [0.15, 0.2) is 9.84 Å². The van der Waals surface area contributed by atoms with Gasteiger partial charge in [0.25, 0.3) is 0 Å². The summed E-state index contributed by atoms with van der Waals surface area (Å²) in [5.74, 6) is 0.487. The molecular weight excluding hydrogens is 364 g/mol. The normalized spacial score (nSPS) is 23.6. The van der Waals surface area contributed by atoms with Crippen molar-refractivity contribution >= 4 is 27.2 Å². The minimum absolute atomic E-state index is 0.0257. The number of ether oxygens (including phenoxy) is 1. The minimum atomic E-state index is -3.23. The second kappa shape index (κ2) is 6.27. The number of fused-ring (bicyclic) bond motifs is 1. The highest BCUT2D eigenvalue weighted by Gasteiger charge is 2.55. The van der Waals surface area contributed by atoms with Crippen LogP contribution in [0.2, 0.25) is 0 Å². The SMILES string of the molecule is COc1ccccc1N1C(=O)N(c2cc(C)cc(C)c2)[C@H]2CS(=O)(=O)C[C@H]21. The minimum Gasteiger partial charge on any atom is -0.495 e. The van der Waals surface area contributed by atoms with Crippen molar-refractivity contribution in [2.75, 3.05) is 28.4 Å². The van der Waals surface area contributed by atoms with Crippen LogP contribution in [0.15, 0.2) is 42.5 Å². The summed E-state index contributed by atoms with van der Waals surface area (Å²) in [5.41, 5.74) is 3.41. The number of nitrogens with zero attached hydrogens (tertiary/aromatic N) is 2. The molecule has 0 radical (unpaired) electrons. The number of hydrogen-bond donors (Lipinski definition) is 0. The number of methoxy groups -OCH3 is 1. The van der Waals surface area contributed by atoms with Gasteiger partial charge in [-0.2, -0.15) is 0 Å². The molecular formula is C20H22N2O4S. The fourth-order valence-corrected chi connectivity index (χ4v) is 6.12. The van der Waals surface area contributed by atoms with E-state index in [1.165, 1.54) is 0 Å². The zero-order valence-corrected chi connectivity index (χ0v) is 16.4. The fraction of sp³-hybridized carbons (Fsp3) is 0.350. The van der Waals surface area contributed by atoms with Gasteiger partial charge in [-0.1, -0.05) is 18.2 Å². The maximum atomic E-state index is 13.4.